The normalized spacial score (nSPS) is 37.5. The standard InChI is InChI=1S/C17H24O2/c1-16(11-18)8-3-9-17(2)14-10-13(19)6-4-12(14)5-7-15(16)17/h4,6,10,15,18-19H,3,5,7-9,11H2,1-2H3/t15-,16+,17-/m1/s1. The van der Waals surface area contributed by atoms with E-state index in [0.717, 1.165) is 19.3 Å². The maximum absolute atomic E-state index is 9.86. The number of phenols is 1. The molecule has 0 spiro atoms. The lowest BCUT2D eigenvalue weighted by Gasteiger charge is -2.55. The Hall–Kier alpha value is -1.02. The molecular weight excluding hydrogens is 236 g/mol. The molecule has 19 heavy (non-hydrogen) atoms. The lowest BCUT2D eigenvalue weighted by Crippen LogP contribution is -2.50. The number of rotatable bonds is 1. The quantitative estimate of drug-likeness (QED) is 0.812. The van der Waals surface area contributed by atoms with Gasteiger partial charge >= 0.3 is 0 Å². The molecule has 1 aromatic rings. The lowest BCUT2D eigenvalue weighted by atomic mass is 9.50. The fourth-order valence-corrected chi connectivity index (χ4v) is 4.77. The number of hydrogen-bond donors (Lipinski definition) is 2. The van der Waals surface area contributed by atoms with Crippen LogP contribution >= 0.6 is 0 Å². The molecule has 0 radical (unpaired) electrons. The highest BCUT2D eigenvalue weighted by molar-refractivity contribution is 5.43. The maximum Gasteiger partial charge on any atom is 0.115 e. The molecule has 1 fully saturated rings. The molecule has 3 rings (SSSR count). The first-order chi connectivity index (χ1) is 8.99. The molecule has 1 saturated carbocycles. The van der Waals surface area contributed by atoms with Crippen molar-refractivity contribution in [3.8, 4) is 5.75 Å². The summed E-state index contributed by atoms with van der Waals surface area (Å²) in [7, 11) is 0. The number of aryl methyl sites for hydroxylation is 1. The summed E-state index contributed by atoms with van der Waals surface area (Å²) >= 11 is 0. The van der Waals surface area contributed by atoms with Gasteiger partial charge in [-0.1, -0.05) is 26.3 Å². The van der Waals surface area contributed by atoms with Gasteiger partial charge in [-0.2, -0.15) is 0 Å². The van der Waals surface area contributed by atoms with Crippen LogP contribution in [0.1, 0.15) is 50.7 Å². The van der Waals surface area contributed by atoms with Crippen LogP contribution in [-0.4, -0.2) is 16.8 Å². The molecule has 0 aliphatic heterocycles. The van der Waals surface area contributed by atoms with Crippen molar-refractivity contribution in [2.45, 2.75) is 51.4 Å². The van der Waals surface area contributed by atoms with Crippen LogP contribution in [0, 0.1) is 11.3 Å². The molecule has 0 saturated heterocycles. The average Bonchev–Trinajstić information content (AvgIpc) is 2.39. The number of aliphatic hydroxyl groups is 1. The number of fused-ring (bicyclic) bond motifs is 3. The second-order valence-corrected chi connectivity index (χ2v) is 7.02. The molecule has 0 heterocycles. The Labute approximate surface area is 115 Å². The molecule has 2 nitrogen and oxygen atoms in total. The van der Waals surface area contributed by atoms with Crippen molar-refractivity contribution < 1.29 is 10.2 Å². The third kappa shape index (κ3) is 1.80. The molecule has 2 aliphatic carbocycles. The van der Waals surface area contributed by atoms with Gasteiger partial charge in [-0.3, -0.25) is 0 Å². The van der Waals surface area contributed by atoms with Gasteiger partial charge in [0, 0.05) is 6.61 Å². The maximum atomic E-state index is 9.86. The molecule has 2 N–H and O–H groups in total. The van der Waals surface area contributed by atoms with Crippen LogP contribution in [-0.2, 0) is 11.8 Å². The predicted molar refractivity (Wildman–Crippen MR) is 76.3 cm³/mol. The van der Waals surface area contributed by atoms with Crippen LogP contribution in [0.3, 0.4) is 0 Å². The Morgan fingerprint density at radius 3 is 2.79 bits per heavy atom. The first-order valence-corrected chi connectivity index (χ1v) is 7.43. The van der Waals surface area contributed by atoms with E-state index in [9.17, 15) is 10.2 Å². The Morgan fingerprint density at radius 1 is 1.26 bits per heavy atom. The lowest BCUT2D eigenvalue weighted by molar-refractivity contribution is -0.0179. The van der Waals surface area contributed by atoms with Crippen molar-refractivity contribution in [1.82, 2.24) is 0 Å². The van der Waals surface area contributed by atoms with Crippen molar-refractivity contribution in [2.24, 2.45) is 11.3 Å². The fourth-order valence-electron chi connectivity index (χ4n) is 4.77. The molecule has 2 aliphatic rings. The summed E-state index contributed by atoms with van der Waals surface area (Å²) in [5, 5.41) is 19.7. The van der Waals surface area contributed by atoms with Crippen LogP contribution in [0.2, 0.25) is 0 Å². The SMILES string of the molecule is C[C@@]1(CO)CCC[C@]2(C)c3cc(O)ccc3CC[C@H]12. The van der Waals surface area contributed by atoms with Crippen molar-refractivity contribution >= 4 is 0 Å². The smallest absolute Gasteiger partial charge is 0.115 e. The molecule has 3 atom stereocenters. The summed E-state index contributed by atoms with van der Waals surface area (Å²) < 4.78 is 0. The van der Waals surface area contributed by atoms with Gasteiger partial charge in [0.05, 0.1) is 0 Å². The Bertz CT molecular complexity index is 496. The summed E-state index contributed by atoms with van der Waals surface area (Å²) in [6, 6.07) is 5.85. The Kier molecular flexibility index (Phi) is 2.90. The second kappa shape index (κ2) is 4.24. The van der Waals surface area contributed by atoms with Crippen LogP contribution in [0.4, 0.5) is 0 Å². The third-order valence-electron chi connectivity index (χ3n) is 5.83. The zero-order chi connectivity index (χ0) is 13.7. The molecule has 1 aromatic carbocycles. The summed E-state index contributed by atoms with van der Waals surface area (Å²) in [6.07, 6.45) is 5.69. The zero-order valence-electron chi connectivity index (χ0n) is 11.9. The van der Waals surface area contributed by atoms with E-state index in [4.69, 9.17) is 0 Å². The molecule has 2 heteroatoms. The van der Waals surface area contributed by atoms with E-state index in [1.54, 1.807) is 6.07 Å². The Balaban J connectivity index is 2.11. The average molecular weight is 260 g/mol. The molecule has 0 amide bonds. The first-order valence-electron chi connectivity index (χ1n) is 7.43. The summed E-state index contributed by atoms with van der Waals surface area (Å²) in [6.45, 7) is 4.85. The van der Waals surface area contributed by atoms with Crippen LogP contribution in [0.25, 0.3) is 0 Å². The van der Waals surface area contributed by atoms with Crippen molar-refractivity contribution in [3.63, 3.8) is 0 Å². The number of hydrogen-bond acceptors (Lipinski definition) is 2. The Morgan fingerprint density at radius 2 is 2.05 bits per heavy atom. The van der Waals surface area contributed by atoms with Crippen LogP contribution < -0.4 is 0 Å². The minimum atomic E-state index is 0.0378. The highest BCUT2D eigenvalue weighted by Crippen LogP contribution is 2.57. The molecule has 0 aromatic heterocycles. The number of phenolic OH excluding ortho intramolecular Hbond substituents is 1. The van der Waals surface area contributed by atoms with E-state index in [1.807, 2.05) is 6.07 Å². The molecule has 104 valence electrons. The van der Waals surface area contributed by atoms with Crippen LogP contribution in [0.5, 0.6) is 5.75 Å². The fraction of sp³-hybridized carbons (Fsp3) is 0.647. The largest absolute Gasteiger partial charge is 0.508 e. The minimum Gasteiger partial charge on any atom is -0.508 e. The predicted octanol–water partition coefficient (Wildman–Crippen LogP) is 3.39. The van der Waals surface area contributed by atoms with Crippen LogP contribution in [0.15, 0.2) is 18.2 Å². The van der Waals surface area contributed by atoms with Crippen molar-refractivity contribution in [2.75, 3.05) is 6.61 Å². The molecule has 0 unspecified atom stereocenters. The highest BCUT2D eigenvalue weighted by Gasteiger charge is 2.51. The molecule has 0 bridgehead atoms. The van der Waals surface area contributed by atoms with Gasteiger partial charge in [0.25, 0.3) is 0 Å². The zero-order valence-corrected chi connectivity index (χ0v) is 11.9. The summed E-state index contributed by atoms with van der Waals surface area (Å²) in [5.41, 5.74) is 2.86. The van der Waals surface area contributed by atoms with E-state index in [-0.39, 0.29) is 17.4 Å². The van der Waals surface area contributed by atoms with Gasteiger partial charge in [-0.05, 0) is 65.7 Å². The van der Waals surface area contributed by atoms with E-state index >= 15 is 0 Å². The van der Waals surface area contributed by atoms with Crippen molar-refractivity contribution in [1.29, 1.82) is 0 Å². The second-order valence-electron chi connectivity index (χ2n) is 7.02. The molecular formula is C17H24O2. The third-order valence-corrected chi connectivity index (χ3v) is 5.83. The summed E-state index contributed by atoms with van der Waals surface area (Å²) in [4.78, 5) is 0. The van der Waals surface area contributed by atoms with E-state index in [0.29, 0.717) is 11.7 Å². The van der Waals surface area contributed by atoms with Crippen molar-refractivity contribution in [3.05, 3.63) is 29.3 Å². The van der Waals surface area contributed by atoms with E-state index < -0.39 is 0 Å². The van der Waals surface area contributed by atoms with Gasteiger partial charge in [-0.25, -0.2) is 0 Å². The number of benzene rings is 1. The van der Waals surface area contributed by atoms with Gasteiger partial charge in [0.2, 0.25) is 0 Å². The number of aromatic hydroxyl groups is 1. The minimum absolute atomic E-state index is 0.0378. The monoisotopic (exact) mass is 260 g/mol. The summed E-state index contributed by atoms with van der Waals surface area (Å²) in [5.74, 6) is 0.893. The number of aliphatic hydroxyl groups excluding tert-OH is 1. The topological polar surface area (TPSA) is 40.5 Å². The van der Waals surface area contributed by atoms with Gasteiger partial charge in [0.15, 0.2) is 0 Å². The van der Waals surface area contributed by atoms with Gasteiger partial charge in [-0.15, -0.1) is 0 Å². The van der Waals surface area contributed by atoms with E-state index in [1.165, 1.54) is 24.0 Å². The first kappa shape index (κ1) is 13.0. The van der Waals surface area contributed by atoms with Gasteiger partial charge < -0.3 is 10.2 Å². The van der Waals surface area contributed by atoms with E-state index in [2.05, 4.69) is 19.9 Å². The van der Waals surface area contributed by atoms with Gasteiger partial charge in [0.1, 0.15) is 5.75 Å². The highest BCUT2D eigenvalue weighted by atomic mass is 16.3.